The molecule has 0 aliphatic carbocycles. The summed E-state index contributed by atoms with van der Waals surface area (Å²) < 4.78 is 4.61. The minimum Gasteiger partial charge on any atom is -0.481 e. The van der Waals surface area contributed by atoms with Gasteiger partial charge in [0.15, 0.2) is 0 Å². The van der Waals surface area contributed by atoms with E-state index in [2.05, 4.69) is 11.7 Å². The Labute approximate surface area is 155 Å². The van der Waals surface area contributed by atoms with Crippen molar-refractivity contribution in [3.05, 3.63) is 0 Å². The number of carboxylic acid groups (broad SMARTS) is 1. The van der Waals surface area contributed by atoms with Crippen LogP contribution in [0, 0.1) is 0 Å². The molecule has 4 nitrogen and oxygen atoms in total. The summed E-state index contributed by atoms with van der Waals surface area (Å²) in [4.78, 5) is 20.3. The molecule has 150 valence electrons. The van der Waals surface area contributed by atoms with E-state index in [4.69, 9.17) is 5.11 Å². The molecule has 0 amide bonds. The molecule has 0 fully saturated rings. The van der Waals surface area contributed by atoms with E-state index in [0.29, 0.717) is 6.42 Å². The molecule has 0 aromatic carbocycles. The number of hydrogen-bond acceptors (Lipinski definition) is 3. The van der Waals surface area contributed by atoms with E-state index in [1.807, 2.05) is 13.8 Å². The molecule has 0 aromatic heterocycles. The second-order valence-corrected chi connectivity index (χ2v) is 7.04. The molecule has 1 N–H and O–H groups in total. The fraction of sp³-hybridized carbons (Fsp3) is 0.905. The fourth-order valence-electron chi connectivity index (χ4n) is 2.63. The Hall–Kier alpha value is -1.06. The summed E-state index contributed by atoms with van der Waals surface area (Å²) in [7, 11) is 0. The highest BCUT2D eigenvalue weighted by Crippen LogP contribution is 2.12. The highest BCUT2D eigenvalue weighted by atomic mass is 16.5. The normalized spacial score (nSPS) is 10.3. The van der Waals surface area contributed by atoms with Gasteiger partial charge >= 0.3 is 11.9 Å². The second kappa shape index (κ2) is 21.0. The van der Waals surface area contributed by atoms with Crippen LogP contribution in [-0.4, -0.2) is 23.1 Å². The van der Waals surface area contributed by atoms with E-state index in [1.165, 1.54) is 77.6 Å². The Morgan fingerprint density at radius 3 is 1.36 bits per heavy atom. The summed E-state index contributed by atoms with van der Waals surface area (Å²) in [6, 6.07) is 0. The molecule has 0 spiro atoms. The lowest BCUT2D eigenvalue weighted by Crippen LogP contribution is -2.06. The number of carboxylic acids is 1. The smallest absolute Gasteiger partial charge is 0.303 e. The van der Waals surface area contributed by atoms with Gasteiger partial charge in [0, 0.05) is 13.3 Å². The van der Waals surface area contributed by atoms with Crippen LogP contribution in [-0.2, 0) is 14.3 Å². The van der Waals surface area contributed by atoms with Crippen molar-refractivity contribution in [2.45, 2.75) is 124 Å². The van der Waals surface area contributed by atoms with E-state index in [-0.39, 0.29) is 12.1 Å². The molecular weight excluding hydrogens is 316 g/mol. The van der Waals surface area contributed by atoms with E-state index in [0.717, 1.165) is 12.8 Å². The van der Waals surface area contributed by atoms with Crippen molar-refractivity contribution in [2.75, 3.05) is 0 Å². The third kappa shape index (κ3) is 31.3. The number of unbranched alkanes of at least 4 members (excludes halogenated alkanes) is 12. The van der Waals surface area contributed by atoms with Crippen molar-refractivity contribution >= 4 is 11.9 Å². The van der Waals surface area contributed by atoms with Gasteiger partial charge in [-0.2, -0.15) is 0 Å². The van der Waals surface area contributed by atoms with Gasteiger partial charge in [-0.05, 0) is 20.3 Å². The SMILES string of the molecule is CC(=O)OC(C)C.CCCCCCCCCCCCCCCC(=O)O. The summed E-state index contributed by atoms with van der Waals surface area (Å²) in [6.07, 6.45) is 17.3. The molecule has 0 unspecified atom stereocenters. The van der Waals surface area contributed by atoms with Gasteiger partial charge in [-0.1, -0.05) is 84.0 Å². The van der Waals surface area contributed by atoms with Crippen LogP contribution in [0.3, 0.4) is 0 Å². The zero-order chi connectivity index (χ0) is 19.3. The van der Waals surface area contributed by atoms with Crippen LogP contribution in [0.1, 0.15) is 118 Å². The molecule has 0 heterocycles. The van der Waals surface area contributed by atoms with Gasteiger partial charge in [0.25, 0.3) is 0 Å². The summed E-state index contributed by atoms with van der Waals surface area (Å²) in [5.74, 6) is -0.868. The standard InChI is InChI=1S/C16H32O2.C5H10O2/c1-2-3-4-5-6-7-8-9-10-11-12-13-14-15-16(17)18;1-4(2)7-5(3)6/h2-15H2,1H3,(H,17,18);4H,1-3H3. The predicted octanol–water partition coefficient (Wildman–Crippen LogP) is 6.51. The van der Waals surface area contributed by atoms with Gasteiger partial charge in [0.05, 0.1) is 6.10 Å². The van der Waals surface area contributed by atoms with Gasteiger partial charge in [-0.3, -0.25) is 9.59 Å². The highest BCUT2D eigenvalue weighted by Gasteiger charge is 1.97. The molecule has 0 aliphatic heterocycles. The summed E-state index contributed by atoms with van der Waals surface area (Å²) in [6.45, 7) is 7.30. The van der Waals surface area contributed by atoms with Crippen LogP contribution in [0.25, 0.3) is 0 Å². The zero-order valence-electron chi connectivity index (χ0n) is 17.1. The molecule has 0 saturated carbocycles. The minimum atomic E-state index is -0.655. The summed E-state index contributed by atoms with van der Waals surface area (Å²) in [5.41, 5.74) is 0. The van der Waals surface area contributed by atoms with E-state index in [9.17, 15) is 9.59 Å². The van der Waals surface area contributed by atoms with Gasteiger partial charge in [0.1, 0.15) is 0 Å². The van der Waals surface area contributed by atoms with Gasteiger partial charge in [-0.25, -0.2) is 0 Å². The quantitative estimate of drug-likeness (QED) is 0.268. The number of carbonyl (C=O) groups excluding carboxylic acids is 1. The average molecular weight is 359 g/mol. The fourth-order valence-corrected chi connectivity index (χ4v) is 2.63. The maximum Gasteiger partial charge on any atom is 0.303 e. The van der Waals surface area contributed by atoms with Crippen LogP contribution >= 0.6 is 0 Å². The van der Waals surface area contributed by atoms with Crippen LogP contribution in [0.5, 0.6) is 0 Å². The summed E-state index contributed by atoms with van der Waals surface area (Å²) >= 11 is 0. The van der Waals surface area contributed by atoms with E-state index >= 15 is 0 Å². The number of rotatable bonds is 15. The van der Waals surface area contributed by atoms with Crippen molar-refractivity contribution in [1.29, 1.82) is 0 Å². The lowest BCUT2D eigenvalue weighted by atomic mass is 10.0. The molecule has 25 heavy (non-hydrogen) atoms. The first-order valence-corrected chi connectivity index (χ1v) is 10.3. The Balaban J connectivity index is 0. The van der Waals surface area contributed by atoms with Crippen LogP contribution in [0.15, 0.2) is 0 Å². The Morgan fingerprint density at radius 2 is 1.12 bits per heavy atom. The molecular formula is C21H42O4. The average Bonchev–Trinajstić information content (AvgIpc) is 2.51. The minimum absolute atomic E-state index is 0.0255. The molecule has 0 atom stereocenters. The topological polar surface area (TPSA) is 63.6 Å². The molecule has 0 aliphatic rings. The maximum absolute atomic E-state index is 10.3. The molecule has 0 rings (SSSR count). The lowest BCUT2D eigenvalue weighted by molar-refractivity contribution is -0.144. The van der Waals surface area contributed by atoms with Crippen LogP contribution in [0.2, 0.25) is 0 Å². The van der Waals surface area contributed by atoms with Gasteiger partial charge in [-0.15, -0.1) is 0 Å². The first-order valence-electron chi connectivity index (χ1n) is 10.3. The number of hydrogen-bond donors (Lipinski definition) is 1. The first-order chi connectivity index (χ1) is 11.9. The first kappa shape index (κ1) is 26.2. The number of esters is 1. The molecule has 4 heteroatoms. The van der Waals surface area contributed by atoms with Gasteiger partial charge < -0.3 is 9.84 Å². The number of aliphatic carboxylic acids is 1. The van der Waals surface area contributed by atoms with Crippen molar-refractivity contribution in [2.24, 2.45) is 0 Å². The van der Waals surface area contributed by atoms with Crippen molar-refractivity contribution in [1.82, 2.24) is 0 Å². The lowest BCUT2D eigenvalue weighted by Gasteiger charge is -2.02. The van der Waals surface area contributed by atoms with Crippen molar-refractivity contribution < 1.29 is 19.4 Å². The van der Waals surface area contributed by atoms with E-state index in [1.54, 1.807) is 0 Å². The van der Waals surface area contributed by atoms with Crippen molar-refractivity contribution in [3.63, 3.8) is 0 Å². The monoisotopic (exact) mass is 358 g/mol. The van der Waals surface area contributed by atoms with Crippen LogP contribution < -0.4 is 0 Å². The molecule has 0 radical (unpaired) electrons. The Kier molecular flexibility index (Phi) is 22.0. The van der Waals surface area contributed by atoms with Crippen LogP contribution in [0.4, 0.5) is 0 Å². The number of carbonyl (C=O) groups is 2. The second-order valence-electron chi connectivity index (χ2n) is 7.04. The Bertz CT molecular complexity index is 300. The van der Waals surface area contributed by atoms with Gasteiger partial charge in [0.2, 0.25) is 0 Å². The molecule has 0 bridgehead atoms. The number of ether oxygens (including phenoxy) is 1. The van der Waals surface area contributed by atoms with E-state index < -0.39 is 5.97 Å². The largest absolute Gasteiger partial charge is 0.481 e. The Morgan fingerprint density at radius 1 is 0.760 bits per heavy atom. The zero-order valence-corrected chi connectivity index (χ0v) is 17.1. The third-order valence-electron chi connectivity index (χ3n) is 3.90. The third-order valence-corrected chi connectivity index (χ3v) is 3.90. The molecule has 0 aromatic rings. The van der Waals surface area contributed by atoms with Crippen molar-refractivity contribution in [3.8, 4) is 0 Å². The maximum atomic E-state index is 10.3. The predicted molar refractivity (Wildman–Crippen MR) is 105 cm³/mol. The molecule has 0 saturated heterocycles. The summed E-state index contributed by atoms with van der Waals surface area (Å²) in [5, 5.41) is 8.49. The highest BCUT2D eigenvalue weighted by molar-refractivity contribution is 5.66.